The van der Waals surface area contributed by atoms with Gasteiger partial charge in [-0.2, -0.15) is 4.98 Å². The van der Waals surface area contributed by atoms with Crippen LogP contribution in [0.25, 0.3) is 11.6 Å². The number of pyridine rings is 1. The first kappa shape index (κ1) is 17.6. The SMILES string of the molecule is COc1ccc(CNc2nc(O)c(/C=C3\C=Nc4ncccc43)[nH]2)cc1OC. The van der Waals surface area contributed by atoms with Crippen molar-refractivity contribution in [2.75, 3.05) is 19.5 Å². The third-order valence-electron chi connectivity index (χ3n) is 4.34. The molecule has 0 bridgehead atoms. The van der Waals surface area contributed by atoms with E-state index in [1.165, 1.54) is 0 Å². The van der Waals surface area contributed by atoms with Crippen LogP contribution in [0.1, 0.15) is 16.8 Å². The van der Waals surface area contributed by atoms with Crippen molar-refractivity contribution in [2.45, 2.75) is 6.54 Å². The van der Waals surface area contributed by atoms with Crippen LogP contribution in [0.15, 0.2) is 41.5 Å². The summed E-state index contributed by atoms with van der Waals surface area (Å²) in [6, 6.07) is 9.45. The highest BCUT2D eigenvalue weighted by Crippen LogP contribution is 2.32. The number of ether oxygens (including phenoxy) is 2. The number of fused-ring (bicyclic) bond motifs is 1. The van der Waals surface area contributed by atoms with E-state index in [0.717, 1.165) is 16.7 Å². The van der Waals surface area contributed by atoms with Crippen molar-refractivity contribution in [3.8, 4) is 17.4 Å². The maximum Gasteiger partial charge on any atom is 0.238 e. The molecule has 0 radical (unpaired) electrons. The second kappa shape index (κ2) is 7.43. The summed E-state index contributed by atoms with van der Waals surface area (Å²) in [5, 5.41) is 13.3. The summed E-state index contributed by atoms with van der Waals surface area (Å²) in [6.07, 6.45) is 5.21. The summed E-state index contributed by atoms with van der Waals surface area (Å²) in [6.45, 7) is 0.498. The number of allylic oxidation sites excluding steroid dienone is 1. The van der Waals surface area contributed by atoms with Gasteiger partial charge in [-0.05, 0) is 35.9 Å². The Morgan fingerprint density at radius 1 is 1.18 bits per heavy atom. The van der Waals surface area contributed by atoms with Crippen molar-refractivity contribution in [2.24, 2.45) is 4.99 Å². The Balaban J connectivity index is 1.50. The van der Waals surface area contributed by atoms with Crippen LogP contribution in [-0.2, 0) is 6.54 Å². The summed E-state index contributed by atoms with van der Waals surface area (Å²) in [5.41, 5.74) is 3.24. The average Bonchev–Trinajstić information content (AvgIpc) is 3.30. The van der Waals surface area contributed by atoms with Crippen molar-refractivity contribution in [1.82, 2.24) is 15.0 Å². The number of methoxy groups -OCH3 is 2. The topological polar surface area (TPSA) is 105 Å². The Hall–Kier alpha value is -3.81. The minimum absolute atomic E-state index is 0.0898. The molecule has 0 spiro atoms. The number of anilines is 1. The predicted octanol–water partition coefficient (Wildman–Crippen LogP) is 3.40. The van der Waals surface area contributed by atoms with Gasteiger partial charge in [-0.25, -0.2) is 9.98 Å². The number of benzene rings is 1. The number of imidazole rings is 1. The van der Waals surface area contributed by atoms with E-state index in [0.29, 0.717) is 35.5 Å². The van der Waals surface area contributed by atoms with Gasteiger partial charge in [0.15, 0.2) is 17.3 Å². The number of H-pyrrole nitrogens is 1. The van der Waals surface area contributed by atoms with E-state index in [1.807, 2.05) is 30.3 Å². The van der Waals surface area contributed by atoms with Crippen LogP contribution in [0.3, 0.4) is 0 Å². The van der Waals surface area contributed by atoms with Crippen molar-refractivity contribution < 1.29 is 14.6 Å². The van der Waals surface area contributed by atoms with Gasteiger partial charge in [-0.3, -0.25) is 0 Å². The quantitative estimate of drug-likeness (QED) is 0.608. The maximum atomic E-state index is 10.2. The molecule has 4 rings (SSSR count). The summed E-state index contributed by atoms with van der Waals surface area (Å²) in [4.78, 5) is 15.7. The molecule has 8 nitrogen and oxygen atoms in total. The lowest BCUT2D eigenvalue weighted by molar-refractivity contribution is 0.354. The van der Waals surface area contributed by atoms with Crippen LogP contribution in [0.5, 0.6) is 17.4 Å². The zero-order valence-corrected chi connectivity index (χ0v) is 15.4. The number of nitrogens with zero attached hydrogens (tertiary/aromatic N) is 3. The van der Waals surface area contributed by atoms with Crippen molar-refractivity contribution in [3.63, 3.8) is 0 Å². The molecule has 3 N–H and O–H groups in total. The Kier molecular flexibility index (Phi) is 4.67. The molecule has 1 aliphatic rings. The summed E-state index contributed by atoms with van der Waals surface area (Å²) < 4.78 is 10.6. The number of nitrogens with one attached hydrogen (secondary N) is 2. The van der Waals surface area contributed by atoms with Crippen LogP contribution in [0.4, 0.5) is 11.8 Å². The smallest absolute Gasteiger partial charge is 0.238 e. The minimum atomic E-state index is -0.0898. The summed E-state index contributed by atoms with van der Waals surface area (Å²) in [5.74, 6) is 2.36. The predicted molar refractivity (Wildman–Crippen MR) is 107 cm³/mol. The van der Waals surface area contributed by atoms with Crippen LogP contribution in [-0.4, -0.2) is 40.5 Å². The highest BCUT2D eigenvalue weighted by atomic mass is 16.5. The highest BCUT2D eigenvalue weighted by molar-refractivity contribution is 6.20. The largest absolute Gasteiger partial charge is 0.493 e. The Morgan fingerprint density at radius 2 is 2.04 bits per heavy atom. The molecule has 0 amide bonds. The fourth-order valence-corrected chi connectivity index (χ4v) is 2.93. The van der Waals surface area contributed by atoms with Crippen molar-refractivity contribution in [3.05, 3.63) is 53.3 Å². The standard InChI is InChI=1S/C20H19N5O3/c1-27-16-6-5-12(8-17(16)28-2)10-23-20-24-15(19(26)25-20)9-13-11-22-18-14(13)4-3-7-21-18/h3-9,11,26H,10H2,1-2H3,(H2,23,24,25)/b13-9+. The molecule has 3 aromatic rings. The zero-order valence-electron chi connectivity index (χ0n) is 15.4. The molecule has 0 saturated heterocycles. The molecule has 3 heterocycles. The van der Waals surface area contributed by atoms with Gasteiger partial charge >= 0.3 is 0 Å². The molecule has 1 aliphatic heterocycles. The number of aromatic nitrogens is 3. The lowest BCUT2D eigenvalue weighted by Crippen LogP contribution is -2.01. The number of hydrogen-bond donors (Lipinski definition) is 3. The van der Waals surface area contributed by atoms with Gasteiger partial charge in [0.25, 0.3) is 0 Å². The average molecular weight is 377 g/mol. The Morgan fingerprint density at radius 3 is 2.86 bits per heavy atom. The number of aliphatic imine (C=N–C) groups is 1. The van der Waals surface area contributed by atoms with E-state index in [-0.39, 0.29) is 5.88 Å². The molecular formula is C20H19N5O3. The summed E-state index contributed by atoms with van der Waals surface area (Å²) >= 11 is 0. The minimum Gasteiger partial charge on any atom is -0.493 e. The fraction of sp³-hybridized carbons (Fsp3) is 0.150. The van der Waals surface area contributed by atoms with Gasteiger partial charge in [0, 0.05) is 30.1 Å². The molecular weight excluding hydrogens is 358 g/mol. The normalized spacial score (nSPS) is 13.6. The maximum absolute atomic E-state index is 10.2. The first-order valence-corrected chi connectivity index (χ1v) is 8.63. The van der Waals surface area contributed by atoms with E-state index >= 15 is 0 Å². The van der Waals surface area contributed by atoms with E-state index < -0.39 is 0 Å². The molecule has 28 heavy (non-hydrogen) atoms. The van der Waals surface area contributed by atoms with Gasteiger partial charge < -0.3 is 24.9 Å². The zero-order chi connectivity index (χ0) is 19.5. The molecule has 0 atom stereocenters. The van der Waals surface area contributed by atoms with Crippen LogP contribution in [0.2, 0.25) is 0 Å². The van der Waals surface area contributed by atoms with Crippen molar-refractivity contribution in [1.29, 1.82) is 0 Å². The number of hydrogen-bond acceptors (Lipinski definition) is 7. The van der Waals surface area contributed by atoms with Crippen LogP contribution in [0, 0.1) is 0 Å². The lowest BCUT2D eigenvalue weighted by atomic mass is 10.1. The second-order valence-electron chi connectivity index (χ2n) is 6.10. The molecule has 0 fully saturated rings. The monoisotopic (exact) mass is 377 g/mol. The second-order valence-corrected chi connectivity index (χ2v) is 6.10. The van der Waals surface area contributed by atoms with Crippen molar-refractivity contribution >= 4 is 29.6 Å². The molecule has 0 saturated carbocycles. The first-order chi connectivity index (χ1) is 13.7. The molecule has 2 aromatic heterocycles. The third-order valence-corrected chi connectivity index (χ3v) is 4.34. The lowest BCUT2D eigenvalue weighted by Gasteiger charge is -2.09. The van der Waals surface area contributed by atoms with Crippen LogP contribution >= 0.6 is 0 Å². The molecule has 0 unspecified atom stereocenters. The van der Waals surface area contributed by atoms with E-state index in [2.05, 4.69) is 25.3 Å². The highest BCUT2D eigenvalue weighted by Gasteiger charge is 2.15. The van der Waals surface area contributed by atoms with Crippen LogP contribution < -0.4 is 14.8 Å². The molecule has 0 aliphatic carbocycles. The Bertz CT molecular complexity index is 1070. The van der Waals surface area contributed by atoms with E-state index in [4.69, 9.17) is 9.47 Å². The third kappa shape index (κ3) is 3.39. The van der Waals surface area contributed by atoms with Gasteiger partial charge in [0.2, 0.25) is 11.8 Å². The molecule has 8 heteroatoms. The van der Waals surface area contributed by atoms with Gasteiger partial charge in [-0.15, -0.1) is 0 Å². The van der Waals surface area contributed by atoms with Gasteiger partial charge in [0.1, 0.15) is 5.69 Å². The number of rotatable bonds is 6. The number of aromatic hydroxyl groups is 1. The summed E-state index contributed by atoms with van der Waals surface area (Å²) in [7, 11) is 3.19. The Labute approximate surface area is 161 Å². The van der Waals surface area contributed by atoms with Gasteiger partial charge in [-0.1, -0.05) is 6.07 Å². The van der Waals surface area contributed by atoms with Gasteiger partial charge in [0.05, 0.1) is 14.2 Å². The first-order valence-electron chi connectivity index (χ1n) is 8.63. The van der Waals surface area contributed by atoms with E-state index in [9.17, 15) is 5.11 Å². The molecule has 142 valence electrons. The number of aromatic amines is 1. The molecule has 1 aromatic carbocycles. The fourth-order valence-electron chi connectivity index (χ4n) is 2.93. The van der Waals surface area contributed by atoms with E-state index in [1.54, 1.807) is 32.7 Å².